The van der Waals surface area contributed by atoms with E-state index < -0.39 is 0 Å². The first-order valence-corrected chi connectivity index (χ1v) is 6.58. The van der Waals surface area contributed by atoms with Crippen LogP contribution in [0.4, 0.5) is 0 Å². The number of rotatable bonds is 5. The van der Waals surface area contributed by atoms with Gasteiger partial charge >= 0.3 is 0 Å². The van der Waals surface area contributed by atoms with E-state index >= 15 is 0 Å². The molecule has 0 aliphatic carbocycles. The summed E-state index contributed by atoms with van der Waals surface area (Å²) in [6.07, 6.45) is 7.53. The summed E-state index contributed by atoms with van der Waals surface area (Å²) in [7, 11) is 0. The predicted octanol–water partition coefficient (Wildman–Crippen LogP) is 3.71. The molecule has 0 radical (unpaired) electrons. The van der Waals surface area contributed by atoms with Crippen molar-refractivity contribution in [3.8, 4) is 12.3 Å². The lowest BCUT2D eigenvalue weighted by Gasteiger charge is -2.11. The average Bonchev–Trinajstić information content (AvgIpc) is 2.72. The SMILES string of the molecule is C#CC(CCC)NCc1[nH]c2ccccc2c1Cl. The maximum absolute atomic E-state index is 6.34. The molecule has 3 heteroatoms. The van der Waals surface area contributed by atoms with Crippen LogP contribution in [0.5, 0.6) is 0 Å². The fourth-order valence-electron chi connectivity index (χ4n) is 2.04. The molecule has 2 N–H and O–H groups in total. The minimum Gasteiger partial charge on any atom is -0.356 e. The Morgan fingerprint density at radius 3 is 2.89 bits per heavy atom. The van der Waals surface area contributed by atoms with E-state index in [1.807, 2.05) is 24.3 Å². The lowest BCUT2D eigenvalue weighted by molar-refractivity contribution is 0.559. The second-order valence-corrected chi connectivity index (χ2v) is 4.73. The highest BCUT2D eigenvalue weighted by Crippen LogP contribution is 2.27. The van der Waals surface area contributed by atoms with Crippen molar-refractivity contribution in [3.05, 3.63) is 35.0 Å². The number of aromatic amines is 1. The van der Waals surface area contributed by atoms with E-state index in [1.165, 1.54) is 0 Å². The number of hydrogen-bond acceptors (Lipinski definition) is 1. The van der Waals surface area contributed by atoms with Crippen molar-refractivity contribution in [2.45, 2.75) is 32.4 Å². The van der Waals surface area contributed by atoms with E-state index in [0.717, 1.165) is 34.5 Å². The van der Waals surface area contributed by atoms with Crippen molar-refractivity contribution in [1.82, 2.24) is 10.3 Å². The molecule has 0 saturated carbocycles. The summed E-state index contributed by atoms with van der Waals surface area (Å²) in [5.74, 6) is 2.76. The fraction of sp³-hybridized carbons (Fsp3) is 0.333. The summed E-state index contributed by atoms with van der Waals surface area (Å²) in [5, 5.41) is 5.18. The lowest BCUT2D eigenvalue weighted by atomic mass is 10.2. The highest BCUT2D eigenvalue weighted by Gasteiger charge is 2.10. The third-order valence-corrected chi connectivity index (χ3v) is 3.45. The number of terminal acetylenes is 1. The van der Waals surface area contributed by atoms with Crippen LogP contribution in [-0.2, 0) is 6.54 Å². The second-order valence-electron chi connectivity index (χ2n) is 4.35. The van der Waals surface area contributed by atoms with Crippen LogP contribution in [0.2, 0.25) is 5.02 Å². The normalized spacial score (nSPS) is 12.5. The van der Waals surface area contributed by atoms with Crippen LogP contribution < -0.4 is 5.32 Å². The third-order valence-electron chi connectivity index (χ3n) is 3.02. The van der Waals surface area contributed by atoms with Crippen LogP contribution in [-0.4, -0.2) is 11.0 Å². The molecule has 1 aromatic heterocycles. The highest BCUT2D eigenvalue weighted by molar-refractivity contribution is 6.36. The number of H-pyrrole nitrogens is 1. The van der Waals surface area contributed by atoms with E-state index in [9.17, 15) is 0 Å². The lowest BCUT2D eigenvalue weighted by Crippen LogP contribution is -2.27. The van der Waals surface area contributed by atoms with Gasteiger partial charge in [0.05, 0.1) is 11.1 Å². The molecule has 1 atom stereocenters. The van der Waals surface area contributed by atoms with Crippen molar-refractivity contribution < 1.29 is 0 Å². The molecule has 0 aliphatic heterocycles. The zero-order chi connectivity index (χ0) is 13.0. The summed E-state index contributed by atoms with van der Waals surface area (Å²) >= 11 is 6.34. The van der Waals surface area contributed by atoms with E-state index in [-0.39, 0.29) is 6.04 Å². The second kappa shape index (κ2) is 5.95. The van der Waals surface area contributed by atoms with Crippen LogP contribution in [0, 0.1) is 12.3 Å². The van der Waals surface area contributed by atoms with E-state index in [4.69, 9.17) is 18.0 Å². The molecule has 1 unspecified atom stereocenters. The van der Waals surface area contributed by atoms with Gasteiger partial charge in [-0.2, -0.15) is 0 Å². The predicted molar refractivity (Wildman–Crippen MR) is 77.7 cm³/mol. The van der Waals surface area contributed by atoms with Gasteiger partial charge in [0.15, 0.2) is 0 Å². The highest BCUT2D eigenvalue weighted by atomic mass is 35.5. The molecule has 18 heavy (non-hydrogen) atoms. The Morgan fingerprint density at radius 2 is 2.22 bits per heavy atom. The molecule has 2 nitrogen and oxygen atoms in total. The Kier molecular flexibility index (Phi) is 4.30. The van der Waals surface area contributed by atoms with Crippen molar-refractivity contribution in [2.75, 3.05) is 0 Å². The van der Waals surface area contributed by atoms with Gasteiger partial charge < -0.3 is 4.98 Å². The molecule has 94 valence electrons. The van der Waals surface area contributed by atoms with Gasteiger partial charge in [0.2, 0.25) is 0 Å². The molecule has 1 aromatic carbocycles. The Bertz CT molecular complexity index is 565. The maximum Gasteiger partial charge on any atom is 0.0705 e. The zero-order valence-corrected chi connectivity index (χ0v) is 11.2. The van der Waals surface area contributed by atoms with Crippen molar-refractivity contribution in [1.29, 1.82) is 0 Å². The number of benzene rings is 1. The molecular weight excluding hydrogens is 244 g/mol. The van der Waals surface area contributed by atoms with Crippen LogP contribution in [0.25, 0.3) is 10.9 Å². The largest absolute Gasteiger partial charge is 0.356 e. The Hall–Kier alpha value is -1.43. The minimum atomic E-state index is 0.109. The molecule has 0 aliphatic rings. The molecule has 2 aromatic rings. The Balaban J connectivity index is 2.12. The monoisotopic (exact) mass is 260 g/mol. The molecule has 0 amide bonds. The van der Waals surface area contributed by atoms with Gasteiger partial charge in [0, 0.05) is 23.1 Å². The third kappa shape index (κ3) is 2.69. The molecule has 2 rings (SSSR count). The standard InChI is InChI=1S/C15H17ClN2/c1-3-7-11(4-2)17-10-14-15(16)12-8-5-6-9-13(12)18-14/h2,5-6,8-9,11,17-18H,3,7,10H2,1H3. The van der Waals surface area contributed by atoms with Gasteiger partial charge in [-0.25, -0.2) is 0 Å². The van der Waals surface area contributed by atoms with Crippen LogP contribution in [0.15, 0.2) is 24.3 Å². The molecule has 0 spiro atoms. The van der Waals surface area contributed by atoms with Gasteiger partial charge in [-0.1, -0.05) is 49.1 Å². The first-order chi connectivity index (χ1) is 8.76. The summed E-state index contributed by atoms with van der Waals surface area (Å²) in [4.78, 5) is 3.32. The van der Waals surface area contributed by atoms with Crippen LogP contribution >= 0.6 is 11.6 Å². The zero-order valence-electron chi connectivity index (χ0n) is 10.5. The summed E-state index contributed by atoms with van der Waals surface area (Å²) < 4.78 is 0. The summed E-state index contributed by atoms with van der Waals surface area (Å²) in [5.41, 5.74) is 2.06. The maximum atomic E-state index is 6.34. The van der Waals surface area contributed by atoms with E-state index in [2.05, 4.69) is 23.1 Å². The Morgan fingerprint density at radius 1 is 1.44 bits per heavy atom. The molecule has 0 bridgehead atoms. The van der Waals surface area contributed by atoms with Crippen molar-refractivity contribution in [3.63, 3.8) is 0 Å². The van der Waals surface area contributed by atoms with E-state index in [0.29, 0.717) is 6.54 Å². The minimum absolute atomic E-state index is 0.109. The van der Waals surface area contributed by atoms with Gasteiger partial charge in [0.25, 0.3) is 0 Å². The number of fused-ring (bicyclic) bond motifs is 1. The van der Waals surface area contributed by atoms with Gasteiger partial charge in [-0.15, -0.1) is 6.42 Å². The topological polar surface area (TPSA) is 27.8 Å². The van der Waals surface area contributed by atoms with Gasteiger partial charge in [-0.05, 0) is 12.5 Å². The average molecular weight is 261 g/mol. The number of hydrogen-bond donors (Lipinski definition) is 2. The van der Waals surface area contributed by atoms with Gasteiger partial charge in [0.1, 0.15) is 0 Å². The number of aromatic nitrogens is 1. The summed E-state index contributed by atoms with van der Waals surface area (Å²) in [6, 6.07) is 8.13. The summed E-state index contributed by atoms with van der Waals surface area (Å²) in [6.45, 7) is 2.80. The molecule has 1 heterocycles. The molecular formula is C15H17ClN2. The first-order valence-electron chi connectivity index (χ1n) is 6.20. The van der Waals surface area contributed by atoms with Crippen molar-refractivity contribution >= 4 is 22.5 Å². The fourth-order valence-corrected chi connectivity index (χ4v) is 2.32. The first kappa shape index (κ1) is 13.0. The van der Waals surface area contributed by atoms with Crippen LogP contribution in [0.1, 0.15) is 25.5 Å². The number of halogens is 1. The number of para-hydroxylation sites is 1. The Labute approximate surface area is 113 Å². The smallest absolute Gasteiger partial charge is 0.0705 e. The quantitative estimate of drug-likeness (QED) is 0.788. The van der Waals surface area contributed by atoms with Gasteiger partial charge in [-0.3, -0.25) is 5.32 Å². The number of nitrogens with one attached hydrogen (secondary N) is 2. The molecule has 0 saturated heterocycles. The van der Waals surface area contributed by atoms with E-state index in [1.54, 1.807) is 0 Å². The molecule has 0 fully saturated rings. The van der Waals surface area contributed by atoms with Crippen molar-refractivity contribution in [2.24, 2.45) is 0 Å². The van der Waals surface area contributed by atoms with Crippen LogP contribution in [0.3, 0.4) is 0 Å².